The van der Waals surface area contributed by atoms with Gasteiger partial charge in [0.05, 0.1) is 5.92 Å². The molecule has 0 amide bonds. The van der Waals surface area contributed by atoms with Gasteiger partial charge >= 0.3 is 5.97 Å². The third-order valence-electron chi connectivity index (χ3n) is 10.5. The van der Waals surface area contributed by atoms with Crippen LogP contribution in [0.1, 0.15) is 86.0 Å². The Balaban J connectivity index is 1.61. The molecule has 0 heterocycles. The fraction of sp³-hybridized carbons (Fsp3) is 0.724. The fourth-order valence-corrected chi connectivity index (χ4v) is 8.25. The molecule has 0 aromatic carbocycles. The van der Waals surface area contributed by atoms with Crippen LogP contribution in [0.3, 0.4) is 0 Å². The highest BCUT2D eigenvalue weighted by atomic mass is 16.4. The van der Waals surface area contributed by atoms with E-state index in [1.165, 1.54) is 0 Å². The van der Waals surface area contributed by atoms with Gasteiger partial charge in [-0.25, -0.2) is 0 Å². The number of ketones is 3. The van der Waals surface area contributed by atoms with Crippen LogP contribution in [0.5, 0.6) is 0 Å². The van der Waals surface area contributed by atoms with Gasteiger partial charge in [0.15, 0.2) is 11.6 Å². The highest BCUT2D eigenvalue weighted by molar-refractivity contribution is 6.11. The molecular formula is C29H40O5. The minimum absolute atomic E-state index is 0.0633. The topological polar surface area (TPSA) is 88.5 Å². The molecule has 5 nitrogen and oxygen atoms in total. The first-order valence-electron chi connectivity index (χ1n) is 13.1. The van der Waals surface area contributed by atoms with Crippen molar-refractivity contribution in [1.82, 2.24) is 0 Å². The largest absolute Gasteiger partial charge is 0.481 e. The molecule has 0 saturated heterocycles. The number of aliphatic carboxylic acids is 1. The first-order valence-corrected chi connectivity index (χ1v) is 13.1. The molecule has 0 aromatic rings. The SMILES string of the molecule is C=C(CC[C@@H](C)[C@H]1CCC2C3=C(C(=O)C[C@@]21C)[C@@]1(C)CCC(=O)[C@@H](C)C1CC3=O)[C@@H](C)C(=O)O. The Morgan fingerprint density at radius 3 is 2.47 bits per heavy atom. The Labute approximate surface area is 203 Å². The van der Waals surface area contributed by atoms with E-state index in [2.05, 4.69) is 27.4 Å². The third-order valence-corrected chi connectivity index (χ3v) is 10.5. The van der Waals surface area contributed by atoms with Crippen molar-refractivity contribution in [2.75, 3.05) is 0 Å². The van der Waals surface area contributed by atoms with Crippen molar-refractivity contribution in [3.05, 3.63) is 23.3 Å². The summed E-state index contributed by atoms with van der Waals surface area (Å²) < 4.78 is 0. The van der Waals surface area contributed by atoms with E-state index in [1.807, 2.05) is 6.92 Å². The maximum Gasteiger partial charge on any atom is 0.310 e. The van der Waals surface area contributed by atoms with Crippen LogP contribution in [0.15, 0.2) is 23.3 Å². The summed E-state index contributed by atoms with van der Waals surface area (Å²) in [6.07, 6.45) is 5.43. The van der Waals surface area contributed by atoms with Crippen molar-refractivity contribution >= 4 is 23.3 Å². The zero-order valence-corrected chi connectivity index (χ0v) is 21.4. The Morgan fingerprint density at radius 2 is 1.82 bits per heavy atom. The second-order valence-electron chi connectivity index (χ2n) is 12.3. The number of hydrogen-bond acceptors (Lipinski definition) is 4. The summed E-state index contributed by atoms with van der Waals surface area (Å²) in [5.41, 5.74) is 1.70. The third kappa shape index (κ3) is 3.65. The van der Waals surface area contributed by atoms with Crippen LogP contribution in [0.4, 0.5) is 0 Å². The monoisotopic (exact) mass is 468 g/mol. The second kappa shape index (κ2) is 8.57. The smallest absolute Gasteiger partial charge is 0.310 e. The number of carbonyl (C=O) groups is 4. The van der Waals surface area contributed by atoms with Crippen molar-refractivity contribution in [3.63, 3.8) is 0 Å². The van der Waals surface area contributed by atoms with E-state index >= 15 is 0 Å². The molecular weight excluding hydrogens is 428 g/mol. The standard InChI is InChI=1S/C29H40O5/c1-15(17(3)27(33)34)7-8-16(2)19-9-10-20-25-23(31)13-21-18(4)22(30)11-12-28(21,5)26(25)24(32)14-29(19,20)6/h16-21H,1,7-14H2,2-6H3,(H,33,34)/t16-,17-,18+,19-,20?,21?,28+,29-/m1/s1. The minimum atomic E-state index is -0.843. The molecule has 0 aromatic heterocycles. The summed E-state index contributed by atoms with van der Waals surface area (Å²) in [6.45, 7) is 14.2. The number of carbonyl (C=O) groups excluding carboxylic acids is 3. The molecule has 0 spiro atoms. The van der Waals surface area contributed by atoms with Crippen LogP contribution in [-0.4, -0.2) is 28.4 Å². The molecule has 2 saturated carbocycles. The number of allylic oxidation sites excluding steroid dienone is 2. The van der Waals surface area contributed by atoms with Gasteiger partial charge in [-0.2, -0.15) is 0 Å². The predicted octanol–water partition coefficient (Wildman–Crippen LogP) is 5.58. The van der Waals surface area contributed by atoms with Crippen LogP contribution in [0.25, 0.3) is 0 Å². The average Bonchev–Trinajstić information content (AvgIpc) is 3.11. The van der Waals surface area contributed by atoms with Crippen LogP contribution in [-0.2, 0) is 19.2 Å². The van der Waals surface area contributed by atoms with E-state index in [-0.39, 0.29) is 45.9 Å². The number of Topliss-reactive ketones (excluding diaryl/α,β-unsaturated/α-hetero) is 3. The van der Waals surface area contributed by atoms with E-state index < -0.39 is 11.9 Å². The lowest BCUT2D eigenvalue weighted by Gasteiger charge is -2.53. The number of rotatable bonds is 6. The van der Waals surface area contributed by atoms with Crippen molar-refractivity contribution in [3.8, 4) is 0 Å². The van der Waals surface area contributed by atoms with Crippen LogP contribution in [0, 0.1) is 46.3 Å². The molecule has 186 valence electrons. The van der Waals surface area contributed by atoms with Gasteiger partial charge in [0.2, 0.25) is 0 Å². The lowest BCUT2D eigenvalue weighted by Crippen LogP contribution is -2.53. The molecule has 4 rings (SSSR count). The summed E-state index contributed by atoms with van der Waals surface area (Å²) in [5.74, 6) is -0.453. The van der Waals surface area contributed by atoms with Crippen LogP contribution < -0.4 is 0 Å². The van der Waals surface area contributed by atoms with E-state index in [0.717, 1.165) is 36.0 Å². The summed E-state index contributed by atoms with van der Waals surface area (Å²) in [6, 6.07) is 0. The quantitative estimate of drug-likeness (QED) is 0.514. The Kier molecular flexibility index (Phi) is 6.31. The normalized spacial score (nSPS) is 39.3. The van der Waals surface area contributed by atoms with Crippen LogP contribution >= 0.6 is 0 Å². The Morgan fingerprint density at radius 1 is 1.15 bits per heavy atom. The molecule has 8 atom stereocenters. The van der Waals surface area contributed by atoms with Gasteiger partial charge in [0.1, 0.15) is 5.78 Å². The Bertz CT molecular complexity index is 988. The fourth-order valence-electron chi connectivity index (χ4n) is 8.25. The van der Waals surface area contributed by atoms with Gasteiger partial charge in [0.25, 0.3) is 0 Å². The molecule has 4 aliphatic rings. The van der Waals surface area contributed by atoms with Gasteiger partial charge < -0.3 is 5.11 Å². The molecule has 0 aliphatic heterocycles. The van der Waals surface area contributed by atoms with E-state index in [9.17, 15) is 24.3 Å². The van der Waals surface area contributed by atoms with Crippen molar-refractivity contribution in [2.24, 2.45) is 46.3 Å². The van der Waals surface area contributed by atoms with Crippen molar-refractivity contribution < 1.29 is 24.3 Å². The average molecular weight is 469 g/mol. The molecule has 34 heavy (non-hydrogen) atoms. The van der Waals surface area contributed by atoms with Gasteiger partial charge in [-0.15, -0.1) is 0 Å². The summed E-state index contributed by atoms with van der Waals surface area (Å²) in [7, 11) is 0. The number of carboxylic acids is 1. The van der Waals surface area contributed by atoms with Gasteiger partial charge in [-0.05, 0) is 68.1 Å². The number of fused-ring (bicyclic) bond motifs is 4. The maximum absolute atomic E-state index is 13.8. The van der Waals surface area contributed by atoms with E-state index in [0.29, 0.717) is 43.9 Å². The zero-order valence-electron chi connectivity index (χ0n) is 21.4. The predicted molar refractivity (Wildman–Crippen MR) is 130 cm³/mol. The summed E-state index contributed by atoms with van der Waals surface area (Å²) in [5, 5.41) is 9.27. The summed E-state index contributed by atoms with van der Waals surface area (Å²) in [4.78, 5) is 51.1. The van der Waals surface area contributed by atoms with Crippen molar-refractivity contribution in [1.29, 1.82) is 0 Å². The van der Waals surface area contributed by atoms with Gasteiger partial charge in [-0.1, -0.05) is 39.8 Å². The number of carboxylic acid groups (broad SMARTS) is 1. The lowest BCUT2D eigenvalue weighted by molar-refractivity contribution is -0.140. The molecule has 4 aliphatic carbocycles. The first-order chi connectivity index (χ1) is 15.8. The highest BCUT2D eigenvalue weighted by Crippen LogP contribution is 2.64. The van der Waals surface area contributed by atoms with Crippen molar-refractivity contribution in [2.45, 2.75) is 86.0 Å². The van der Waals surface area contributed by atoms with E-state index in [4.69, 9.17) is 0 Å². The zero-order chi connectivity index (χ0) is 25.2. The summed E-state index contributed by atoms with van der Waals surface area (Å²) >= 11 is 0. The number of hydrogen-bond donors (Lipinski definition) is 1. The molecule has 2 unspecified atom stereocenters. The molecule has 0 radical (unpaired) electrons. The Hall–Kier alpha value is -2.04. The highest BCUT2D eigenvalue weighted by Gasteiger charge is 2.61. The maximum atomic E-state index is 13.8. The first kappa shape index (κ1) is 25.1. The molecule has 2 fully saturated rings. The molecule has 1 N–H and O–H groups in total. The van der Waals surface area contributed by atoms with E-state index in [1.54, 1.807) is 6.92 Å². The lowest BCUT2D eigenvalue weighted by atomic mass is 9.48. The molecule has 0 bridgehead atoms. The van der Waals surface area contributed by atoms with Gasteiger partial charge in [0, 0.05) is 41.7 Å². The van der Waals surface area contributed by atoms with Gasteiger partial charge in [-0.3, -0.25) is 19.2 Å². The second-order valence-corrected chi connectivity index (χ2v) is 12.3. The molecule has 5 heteroatoms. The van der Waals surface area contributed by atoms with Crippen LogP contribution in [0.2, 0.25) is 0 Å². The minimum Gasteiger partial charge on any atom is -0.481 e.